The van der Waals surface area contributed by atoms with Gasteiger partial charge in [-0.2, -0.15) is 6.08 Å². The van der Waals surface area contributed by atoms with Crippen molar-refractivity contribution in [2.24, 2.45) is 5.92 Å². The van der Waals surface area contributed by atoms with E-state index in [0.29, 0.717) is 5.92 Å². The molecule has 1 aliphatic rings. The summed E-state index contributed by atoms with van der Waals surface area (Å²) in [5.74, 6) is 0.560. The maximum absolute atomic E-state index is 3.08. The van der Waals surface area contributed by atoms with Gasteiger partial charge in [0, 0.05) is 21.7 Å². The molecule has 0 saturated carbocycles. The van der Waals surface area contributed by atoms with E-state index in [2.05, 4.69) is 19.1 Å². The van der Waals surface area contributed by atoms with Crippen molar-refractivity contribution in [2.75, 3.05) is 0 Å². The molecular weight excluding hydrogens is 215 g/mol. The van der Waals surface area contributed by atoms with Gasteiger partial charge in [-0.1, -0.05) is 26.7 Å². The van der Waals surface area contributed by atoms with Crippen molar-refractivity contribution in [3.8, 4) is 0 Å². The van der Waals surface area contributed by atoms with E-state index >= 15 is 0 Å². The van der Waals surface area contributed by atoms with Gasteiger partial charge in [-0.3, -0.25) is 6.08 Å². The molecule has 66 valence electrons. The van der Waals surface area contributed by atoms with E-state index in [9.17, 15) is 0 Å². The fraction of sp³-hybridized carbons (Fsp3) is 0.500. The van der Waals surface area contributed by atoms with E-state index in [1.54, 1.807) is 0 Å². The molecule has 0 aliphatic heterocycles. The molecule has 0 N–H and O–H groups in total. The number of allylic oxidation sites excluding steroid dienone is 4. The zero-order chi connectivity index (χ0) is 6.41. The first-order valence-electron chi connectivity index (χ1n) is 3.15. The van der Waals surface area contributed by atoms with Crippen molar-refractivity contribution in [3.05, 3.63) is 24.3 Å². The maximum Gasteiger partial charge on any atom is 0 e. The Labute approximate surface area is 97.2 Å². The number of hydrogen-bond acceptors (Lipinski definition) is 0. The summed E-state index contributed by atoms with van der Waals surface area (Å²) in [7, 11) is 0. The maximum atomic E-state index is 3.08. The third-order valence-electron chi connectivity index (χ3n) is 0.855. The van der Waals surface area contributed by atoms with E-state index in [0.717, 1.165) is 0 Å². The van der Waals surface area contributed by atoms with Gasteiger partial charge >= 0.3 is 0 Å². The van der Waals surface area contributed by atoms with Crippen LogP contribution in [0.5, 0.6) is 0 Å². The van der Waals surface area contributed by atoms with E-state index in [1.165, 1.54) is 0 Å². The summed E-state index contributed by atoms with van der Waals surface area (Å²) in [5, 5.41) is 0. The molecule has 0 aromatic heterocycles. The molecule has 0 aromatic rings. The molecule has 0 nitrogen and oxygen atoms in total. The topological polar surface area (TPSA) is 0 Å². The summed E-state index contributed by atoms with van der Waals surface area (Å²) in [6.07, 6.45) is 9.16. The minimum Gasteiger partial charge on any atom is -0.270 e. The number of rotatable bonds is 0. The Balaban J connectivity index is -0.0000000459. The molecule has 0 saturated heterocycles. The average Bonchev–Trinajstić information content (AvgIpc) is 2.24. The average molecular weight is 230 g/mol. The van der Waals surface area contributed by atoms with Crippen LogP contribution in [-0.4, -0.2) is 0 Å². The normalized spacial score (nSPS) is 16.5. The van der Waals surface area contributed by atoms with Gasteiger partial charge in [0.25, 0.3) is 0 Å². The molecule has 0 radical (unpaired) electrons. The molecule has 11 heavy (non-hydrogen) atoms. The smallest absolute Gasteiger partial charge is 0 e. The van der Waals surface area contributed by atoms with Crippen LogP contribution in [0.1, 0.15) is 20.8 Å². The second kappa shape index (κ2) is 17.0. The summed E-state index contributed by atoms with van der Waals surface area (Å²) < 4.78 is 0. The standard InChI is InChI=1S/C6H7.C2H6.2ClH.Ti/c1-6-4-2-3-5-6;1-2;;;/h2-4,6H,1H3;1-2H3;2*1H;/q-1;;;;. The van der Waals surface area contributed by atoms with Gasteiger partial charge in [0.15, 0.2) is 0 Å². The fourth-order valence-electron chi connectivity index (χ4n) is 0.485. The van der Waals surface area contributed by atoms with Gasteiger partial charge in [0.2, 0.25) is 0 Å². The van der Waals surface area contributed by atoms with Gasteiger partial charge in [-0.05, 0) is 0 Å². The zero-order valence-electron chi connectivity index (χ0n) is 7.13. The Morgan fingerprint density at radius 1 is 1.18 bits per heavy atom. The van der Waals surface area contributed by atoms with Crippen molar-refractivity contribution < 1.29 is 21.7 Å². The predicted molar refractivity (Wildman–Crippen MR) is 52.0 cm³/mol. The molecule has 1 rings (SSSR count). The van der Waals surface area contributed by atoms with Crippen molar-refractivity contribution in [1.29, 1.82) is 0 Å². The Morgan fingerprint density at radius 2 is 1.64 bits per heavy atom. The Kier molecular flexibility index (Phi) is 35.0. The first-order chi connectivity index (χ1) is 3.89. The monoisotopic (exact) mass is 229 g/mol. The molecule has 0 aromatic carbocycles. The zero-order valence-corrected chi connectivity index (χ0v) is 10.3. The molecular formula is C8H15Cl2Ti-. The van der Waals surface area contributed by atoms with Crippen LogP contribution < -0.4 is 0 Å². The molecule has 1 aliphatic carbocycles. The van der Waals surface area contributed by atoms with Crippen LogP contribution in [0.2, 0.25) is 0 Å². The van der Waals surface area contributed by atoms with Gasteiger partial charge in [0.05, 0.1) is 0 Å². The van der Waals surface area contributed by atoms with Crippen molar-refractivity contribution >= 4 is 24.8 Å². The number of halogens is 2. The Hall–Kier alpha value is 0.774. The van der Waals surface area contributed by atoms with E-state index in [4.69, 9.17) is 0 Å². The molecule has 0 bridgehead atoms. The van der Waals surface area contributed by atoms with Gasteiger partial charge in [-0.15, -0.1) is 24.8 Å². The van der Waals surface area contributed by atoms with Crippen LogP contribution in [0.15, 0.2) is 18.2 Å². The van der Waals surface area contributed by atoms with Crippen LogP contribution in [0.4, 0.5) is 0 Å². The summed E-state index contributed by atoms with van der Waals surface area (Å²) in [6, 6.07) is 0. The van der Waals surface area contributed by atoms with E-state index < -0.39 is 0 Å². The molecule has 1 atom stereocenters. The largest absolute Gasteiger partial charge is 0.270 e. The Morgan fingerprint density at radius 3 is 1.73 bits per heavy atom. The number of hydrogen-bond donors (Lipinski definition) is 0. The van der Waals surface area contributed by atoms with Crippen molar-refractivity contribution in [3.63, 3.8) is 0 Å². The summed E-state index contributed by atoms with van der Waals surface area (Å²) in [6.45, 7) is 6.11. The summed E-state index contributed by atoms with van der Waals surface area (Å²) in [5.41, 5.74) is 0. The molecule has 0 heterocycles. The van der Waals surface area contributed by atoms with Crippen LogP contribution in [0.3, 0.4) is 0 Å². The SMILES string of the molecule is CC.CC1[C-]=CC=C1.Cl.Cl.[Ti]. The van der Waals surface area contributed by atoms with Gasteiger partial charge < -0.3 is 0 Å². The van der Waals surface area contributed by atoms with E-state index in [1.807, 2.05) is 26.0 Å². The second-order valence-corrected chi connectivity index (χ2v) is 1.51. The van der Waals surface area contributed by atoms with E-state index in [-0.39, 0.29) is 46.5 Å². The Bertz CT molecular complexity index is 88.3. The van der Waals surface area contributed by atoms with Crippen LogP contribution in [-0.2, 0) is 21.7 Å². The molecule has 1 unspecified atom stereocenters. The minimum atomic E-state index is 0. The van der Waals surface area contributed by atoms with Crippen molar-refractivity contribution in [1.82, 2.24) is 0 Å². The quantitative estimate of drug-likeness (QED) is 0.441. The van der Waals surface area contributed by atoms with Crippen molar-refractivity contribution in [2.45, 2.75) is 20.8 Å². The molecule has 3 heteroatoms. The first-order valence-corrected chi connectivity index (χ1v) is 3.15. The second-order valence-electron chi connectivity index (χ2n) is 1.51. The molecule has 0 fully saturated rings. The molecule has 0 spiro atoms. The summed E-state index contributed by atoms with van der Waals surface area (Å²) in [4.78, 5) is 0. The predicted octanol–water partition coefficient (Wildman–Crippen LogP) is 3.42. The third-order valence-corrected chi connectivity index (χ3v) is 0.855. The van der Waals surface area contributed by atoms with Gasteiger partial charge in [0.1, 0.15) is 0 Å². The first kappa shape index (κ1) is 22.6. The summed E-state index contributed by atoms with van der Waals surface area (Å²) >= 11 is 0. The molecule has 0 amide bonds. The minimum absolute atomic E-state index is 0. The van der Waals surface area contributed by atoms with Gasteiger partial charge in [-0.25, -0.2) is 12.2 Å². The van der Waals surface area contributed by atoms with Crippen LogP contribution in [0, 0.1) is 12.0 Å². The fourth-order valence-corrected chi connectivity index (χ4v) is 0.485. The third kappa shape index (κ3) is 13.7. The van der Waals surface area contributed by atoms with Crippen LogP contribution in [0.25, 0.3) is 0 Å². The van der Waals surface area contributed by atoms with Crippen LogP contribution >= 0.6 is 24.8 Å².